The van der Waals surface area contributed by atoms with E-state index in [0.29, 0.717) is 27.4 Å². The van der Waals surface area contributed by atoms with Gasteiger partial charge in [-0.05, 0) is 30.3 Å². The SMILES string of the molecule is O=C(c1ccccc1)c1cc(Cl)ccc1-n1c(CO)nnc1CN1C(=O)c2ccccc2C1=O. The zero-order valence-corrected chi connectivity index (χ0v) is 18.4. The number of aromatic nitrogens is 3. The Hall–Kier alpha value is -4.14. The van der Waals surface area contributed by atoms with E-state index in [9.17, 15) is 19.5 Å². The topological polar surface area (TPSA) is 105 Å². The Morgan fingerprint density at radius 1 is 0.853 bits per heavy atom. The molecule has 0 saturated heterocycles. The maximum absolute atomic E-state index is 13.3. The van der Waals surface area contributed by atoms with E-state index in [1.807, 2.05) is 0 Å². The maximum Gasteiger partial charge on any atom is 0.261 e. The van der Waals surface area contributed by atoms with Crippen LogP contribution in [0, 0.1) is 0 Å². The molecule has 5 rings (SSSR count). The van der Waals surface area contributed by atoms with E-state index >= 15 is 0 Å². The van der Waals surface area contributed by atoms with E-state index in [1.165, 1.54) is 10.6 Å². The van der Waals surface area contributed by atoms with Crippen LogP contribution in [-0.2, 0) is 13.2 Å². The highest BCUT2D eigenvalue weighted by Crippen LogP contribution is 2.28. The summed E-state index contributed by atoms with van der Waals surface area (Å²) in [4.78, 5) is 40.1. The van der Waals surface area contributed by atoms with Crippen molar-refractivity contribution in [3.05, 3.63) is 112 Å². The van der Waals surface area contributed by atoms with Crippen LogP contribution in [0.3, 0.4) is 0 Å². The van der Waals surface area contributed by atoms with E-state index in [1.54, 1.807) is 66.7 Å². The molecule has 1 N–H and O–H groups in total. The molecular weight excluding hydrogens is 456 g/mol. The van der Waals surface area contributed by atoms with Gasteiger partial charge >= 0.3 is 0 Å². The Bertz CT molecular complexity index is 1410. The lowest BCUT2D eigenvalue weighted by Gasteiger charge is -2.17. The van der Waals surface area contributed by atoms with Crippen LogP contribution in [0.2, 0.25) is 5.02 Å². The highest BCUT2D eigenvalue weighted by molar-refractivity contribution is 6.31. The Morgan fingerprint density at radius 3 is 2.12 bits per heavy atom. The Balaban J connectivity index is 1.60. The van der Waals surface area contributed by atoms with Gasteiger partial charge in [0.25, 0.3) is 11.8 Å². The van der Waals surface area contributed by atoms with Crippen LogP contribution in [0.1, 0.15) is 48.3 Å². The van der Waals surface area contributed by atoms with Gasteiger partial charge in [-0.15, -0.1) is 10.2 Å². The van der Waals surface area contributed by atoms with E-state index in [-0.39, 0.29) is 29.5 Å². The van der Waals surface area contributed by atoms with E-state index in [0.717, 1.165) is 4.90 Å². The molecule has 0 spiro atoms. The molecule has 3 aromatic carbocycles. The number of ketones is 1. The summed E-state index contributed by atoms with van der Waals surface area (Å²) < 4.78 is 1.48. The number of aliphatic hydroxyl groups is 1. The maximum atomic E-state index is 13.3. The van der Waals surface area contributed by atoms with E-state index < -0.39 is 18.4 Å². The second kappa shape index (κ2) is 8.66. The molecule has 1 aliphatic heterocycles. The molecule has 0 aliphatic carbocycles. The quantitative estimate of drug-likeness (QED) is 0.340. The predicted molar refractivity (Wildman–Crippen MR) is 123 cm³/mol. The first-order chi connectivity index (χ1) is 16.5. The lowest BCUT2D eigenvalue weighted by Crippen LogP contribution is -2.30. The minimum absolute atomic E-state index is 0.149. The highest BCUT2D eigenvalue weighted by Gasteiger charge is 2.36. The number of rotatable bonds is 6. The molecule has 168 valence electrons. The molecule has 4 aromatic rings. The zero-order chi connectivity index (χ0) is 23.8. The summed E-state index contributed by atoms with van der Waals surface area (Å²) in [6, 6.07) is 20.0. The molecule has 1 aromatic heterocycles. The van der Waals surface area contributed by atoms with Gasteiger partial charge in [0, 0.05) is 16.1 Å². The molecule has 9 heteroatoms. The number of nitrogens with zero attached hydrogens (tertiary/aromatic N) is 4. The summed E-state index contributed by atoms with van der Waals surface area (Å²) >= 11 is 6.21. The molecule has 0 fully saturated rings. The van der Waals surface area contributed by atoms with Gasteiger partial charge in [0.1, 0.15) is 6.61 Å². The monoisotopic (exact) mass is 472 g/mol. The van der Waals surface area contributed by atoms with Crippen LogP contribution in [0.25, 0.3) is 5.69 Å². The molecule has 8 nitrogen and oxygen atoms in total. The van der Waals surface area contributed by atoms with Crippen molar-refractivity contribution in [3.8, 4) is 5.69 Å². The standard InChI is InChI=1S/C25H17ClN4O4/c26-16-10-11-20(19(12-16)23(32)15-6-2-1-3-7-15)30-21(27-28-22(30)14-31)13-29-24(33)17-8-4-5-9-18(17)25(29)34/h1-12,31H,13-14H2. The number of carbonyl (C=O) groups is 3. The van der Waals surface area contributed by atoms with E-state index in [2.05, 4.69) is 10.2 Å². The van der Waals surface area contributed by atoms with Gasteiger partial charge in [-0.1, -0.05) is 54.1 Å². The third-order valence-electron chi connectivity index (χ3n) is 5.60. The second-order valence-electron chi connectivity index (χ2n) is 7.62. The number of imide groups is 1. The number of carbonyl (C=O) groups excluding carboxylic acids is 3. The lowest BCUT2D eigenvalue weighted by molar-refractivity contribution is 0.0637. The molecule has 0 radical (unpaired) electrons. The second-order valence-corrected chi connectivity index (χ2v) is 8.06. The van der Waals surface area contributed by atoms with Crippen molar-refractivity contribution in [2.45, 2.75) is 13.2 Å². The van der Waals surface area contributed by atoms with Gasteiger partial charge in [-0.25, -0.2) is 0 Å². The summed E-state index contributed by atoms with van der Waals surface area (Å²) in [6.45, 7) is -0.669. The fraction of sp³-hybridized carbons (Fsp3) is 0.0800. The molecule has 0 atom stereocenters. The fourth-order valence-corrected chi connectivity index (χ4v) is 4.16. The van der Waals surface area contributed by atoms with Crippen molar-refractivity contribution in [3.63, 3.8) is 0 Å². The summed E-state index contributed by atoms with van der Waals surface area (Å²) in [5, 5.41) is 18.4. The normalized spacial score (nSPS) is 12.8. The van der Waals surface area contributed by atoms with Crippen LogP contribution in [0.4, 0.5) is 0 Å². The largest absolute Gasteiger partial charge is 0.388 e. The zero-order valence-electron chi connectivity index (χ0n) is 17.7. The number of amides is 2. The summed E-state index contributed by atoms with van der Waals surface area (Å²) in [6.07, 6.45) is 0. The average Bonchev–Trinajstić information content (AvgIpc) is 3.38. The molecule has 1 aliphatic rings. The number of halogens is 1. The molecule has 0 bridgehead atoms. The molecule has 34 heavy (non-hydrogen) atoms. The van der Waals surface area contributed by atoms with Crippen molar-refractivity contribution in [2.24, 2.45) is 0 Å². The van der Waals surface area contributed by atoms with Crippen molar-refractivity contribution >= 4 is 29.2 Å². The van der Waals surface area contributed by atoms with Crippen LogP contribution in [-0.4, -0.2) is 42.4 Å². The average molecular weight is 473 g/mol. The van der Waals surface area contributed by atoms with Gasteiger partial charge in [0.05, 0.1) is 23.4 Å². The summed E-state index contributed by atoms with van der Waals surface area (Å²) in [5.74, 6) is -0.823. The van der Waals surface area contributed by atoms with Crippen LogP contribution < -0.4 is 0 Å². The summed E-state index contributed by atoms with van der Waals surface area (Å²) in [5.41, 5.74) is 1.71. The highest BCUT2D eigenvalue weighted by atomic mass is 35.5. The Labute approximate surface area is 199 Å². The fourth-order valence-electron chi connectivity index (χ4n) is 3.99. The van der Waals surface area contributed by atoms with Gasteiger partial charge in [-0.2, -0.15) is 0 Å². The third kappa shape index (κ3) is 3.59. The Kier molecular flexibility index (Phi) is 5.53. The van der Waals surface area contributed by atoms with E-state index in [4.69, 9.17) is 11.6 Å². The molecule has 0 saturated carbocycles. The van der Waals surface area contributed by atoms with Crippen LogP contribution in [0.15, 0.2) is 72.8 Å². The number of hydrogen-bond donors (Lipinski definition) is 1. The first-order valence-electron chi connectivity index (χ1n) is 10.4. The minimum atomic E-state index is -0.475. The smallest absolute Gasteiger partial charge is 0.261 e. The Morgan fingerprint density at radius 2 is 1.47 bits per heavy atom. The molecular formula is C25H17ClN4O4. The third-order valence-corrected chi connectivity index (χ3v) is 5.83. The van der Waals surface area contributed by atoms with Gasteiger partial charge in [-0.3, -0.25) is 23.9 Å². The van der Waals surface area contributed by atoms with Gasteiger partial charge < -0.3 is 5.11 Å². The summed E-state index contributed by atoms with van der Waals surface area (Å²) in [7, 11) is 0. The first kappa shape index (κ1) is 21.7. The predicted octanol–water partition coefficient (Wildman–Crippen LogP) is 3.44. The van der Waals surface area contributed by atoms with Crippen molar-refractivity contribution in [1.29, 1.82) is 0 Å². The molecule has 2 amide bonds. The number of aliphatic hydroxyl groups excluding tert-OH is 1. The number of benzene rings is 3. The van der Waals surface area contributed by atoms with Crippen molar-refractivity contribution < 1.29 is 19.5 Å². The van der Waals surface area contributed by atoms with Gasteiger partial charge in [0.2, 0.25) is 0 Å². The van der Waals surface area contributed by atoms with Gasteiger partial charge in [0.15, 0.2) is 17.4 Å². The van der Waals surface area contributed by atoms with Crippen LogP contribution >= 0.6 is 11.6 Å². The number of fused-ring (bicyclic) bond motifs is 1. The minimum Gasteiger partial charge on any atom is -0.388 e. The van der Waals surface area contributed by atoms with Crippen LogP contribution in [0.5, 0.6) is 0 Å². The first-order valence-corrected chi connectivity index (χ1v) is 10.8. The molecule has 0 unspecified atom stereocenters. The lowest BCUT2D eigenvalue weighted by atomic mass is 10.0. The van der Waals surface area contributed by atoms with Crippen molar-refractivity contribution in [2.75, 3.05) is 0 Å². The number of hydrogen-bond acceptors (Lipinski definition) is 6. The molecule has 2 heterocycles. The van der Waals surface area contributed by atoms with Crippen molar-refractivity contribution in [1.82, 2.24) is 19.7 Å².